The number of nitrogens with zero attached hydrogens (tertiary/aromatic N) is 5. The molecule has 9 heteroatoms. The zero-order chi connectivity index (χ0) is 21.8. The number of aryl methyl sites for hydroxylation is 1. The first-order valence-electron chi connectivity index (χ1n) is 10.8. The maximum atomic E-state index is 13.0. The smallest absolute Gasteiger partial charge is 0.263 e. The van der Waals surface area contributed by atoms with Crippen molar-refractivity contribution in [3.05, 3.63) is 35.9 Å². The van der Waals surface area contributed by atoms with Crippen LogP contribution in [0.4, 0.5) is 5.82 Å². The third-order valence-corrected chi connectivity index (χ3v) is 6.47. The molecule has 0 radical (unpaired) electrons. The lowest BCUT2D eigenvalue weighted by Gasteiger charge is -2.51. The molecule has 164 valence electrons. The summed E-state index contributed by atoms with van der Waals surface area (Å²) < 4.78 is 15.5. The zero-order valence-electron chi connectivity index (χ0n) is 18.4. The third kappa shape index (κ3) is 3.56. The van der Waals surface area contributed by atoms with Crippen LogP contribution in [0.3, 0.4) is 0 Å². The molecule has 2 bridgehead atoms. The van der Waals surface area contributed by atoms with Gasteiger partial charge in [-0.1, -0.05) is 0 Å². The van der Waals surface area contributed by atoms with Crippen molar-refractivity contribution in [2.75, 3.05) is 11.9 Å². The summed E-state index contributed by atoms with van der Waals surface area (Å²) in [6.45, 7) is 6.68. The summed E-state index contributed by atoms with van der Waals surface area (Å²) in [7, 11) is 1.80. The van der Waals surface area contributed by atoms with Gasteiger partial charge in [0, 0.05) is 37.1 Å². The van der Waals surface area contributed by atoms with Crippen LogP contribution in [-0.2, 0) is 17.2 Å². The van der Waals surface area contributed by atoms with Crippen LogP contribution in [0.1, 0.15) is 62.5 Å². The first-order valence-corrected chi connectivity index (χ1v) is 10.8. The van der Waals surface area contributed by atoms with E-state index in [4.69, 9.17) is 14.5 Å². The molecule has 1 amide bonds. The molecular formula is C22H28N6O3. The quantitative estimate of drug-likeness (QED) is 0.676. The topological polar surface area (TPSA) is 95.6 Å². The Kier molecular flexibility index (Phi) is 4.55. The van der Waals surface area contributed by atoms with Gasteiger partial charge in [0.1, 0.15) is 5.56 Å². The normalized spacial score (nSPS) is 25.3. The van der Waals surface area contributed by atoms with Gasteiger partial charge in [0.25, 0.3) is 5.91 Å². The van der Waals surface area contributed by atoms with Crippen molar-refractivity contribution in [2.24, 2.45) is 7.05 Å². The minimum absolute atomic E-state index is 0.00810. The van der Waals surface area contributed by atoms with Crippen molar-refractivity contribution in [2.45, 2.75) is 63.6 Å². The van der Waals surface area contributed by atoms with Gasteiger partial charge < -0.3 is 14.8 Å². The molecule has 3 aliphatic rings. The number of ether oxygens (including phenoxy) is 2. The number of aromatic nitrogens is 5. The number of amides is 1. The standard InChI is InChI=1S/C22H28N6O3/c1-14(2)31-19-15(18(29)24-17-5-10-27(4)26-17)11-28-12-16(23-20(28)25-19)22-8-6-21(3,7-9-22)30-13-22/h5,10-12,14H,6-9,13H2,1-4H3,(H,24,26,29). The first kappa shape index (κ1) is 20.0. The van der Waals surface area contributed by atoms with Crippen LogP contribution in [0.25, 0.3) is 5.78 Å². The molecule has 0 spiro atoms. The summed E-state index contributed by atoms with van der Waals surface area (Å²) in [5.74, 6) is 0.930. The Morgan fingerprint density at radius 3 is 2.61 bits per heavy atom. The number of anilines is 1. The molecule has 1 saturated carbocycles. The second-order valence-electron chi connectivity index (χ2n) is 9.31. The van der Waals surface area contributed by atoms with Crippen LogP contribution in [-0.4, -0.2) is 48.4 Å². The molecule has 2 aliphatic heterocycles. The van der Waals surface area contributed by atoms with Crippen molar-refractivity contribution < 1.29 is 14.3 Å². The van der Waals surface area contributed by atoms with E-state index in [1.54, 1.807) is 30.2 Å². The van der Waals surface area contributed by atoms with Crippen LogP contribution in [0, 0.1) is 0 Å². The molecule has 0 unspecified atom stereocenters. The Morgan fingerprint density at radius 2 is 2.00 bits per heavy atom. The third-order valence-electron chi connectivity index (χ3n) is 6.47. The molecule has 1 aliphatic carbocycles. The van der Waals surface area contributed by atoms with Crippen LogP contribution >= 0.6 is 0 Å². The number of fused-ring (bicyclic) bond motifs is 4. The molecule has 3 aromatic rings. The Labute approximate surface area is 180 Å². The van der Waals surface area contributed by atoms with Crippen molar-refractivity contribution in [3.8, 4) is 5.88 Å². The Hall–Kier alpha value is -2.94. The number of hydrogen-bond donors (Lipinski definition) is 1. The van der Waals surface area contributed by atoms with E-state index in [9.17, 15) is 4.79 Å². The second-order valence-corrected chi connectivity index (χ2v) is 9.31. The summed E-state index contributed by atoms with van der Waals surface area (Å²) in [6.07, 6.45) is 9.53. The minimum atomic E-state index is -0.327. The minimum Gasteiger partial charge on any atom is -0.474 e. The monoisotopic (exact) mass is 424 g/mol. The summed E-state index contributed by atoms with van der Waals surface area (Å²) in [4.78, 5) is 22.4. The second kappa shape index (κ2) is 7.05. The van der Waals surface area contributed by atoms with Gasteiger partial charge in [-0.25, -0.2) is 4.98 Å². The van der Waals surface area contributed by atoms with Gasteiger partial charge in [0.05, 0.1) is 24.0 Å². The molecule has 0 aromatic carbocycles. The molecular weight excluding hydrogens is 396 g/mol. The van der Waals surface area contributed by atoms with E-state index in [0.717, 1.165) is 31.4 Å². The predicted octanol–water partition coefficient (Wildman–Crippen LogP) is 3.10. The Morgan fingerprint density at radius 1 is 1.23 bits per heavy atom. The van der Waals surface area contributed by atoms with E-state index < -0.39 is 0 Å². The highest BCUT2D eigenvalue weighted by molar-refractivity contribution is 6.05. The van der Waals surface area contributed by atoms with Crippen LogP contribution in [0.2, 0.25) is 0 Å². The number of carbonyl (C=O) groups is 1. The molecule has 31 heavy (non-hydrogen) atoms. The molecule has 2 saturated heterocycles. The molecule has 9 nitrogen and oxygen atoms in total. The summed E-state index contributed by atoms with van der Waals surface area (Å²) in [6, 6.07) is 1.74. The average molecular weight is 425 g/mol. The predicted molar refractivity (Wildman–Crippen MR) is 114 cm³/mol. The molecule has 6 rings (SSSR count). The Bertz CT molecular complexity index is 1120. The van der Waals surface area contributed by atoms with Crippen LogP contribution in [0.5, 0.6) is 5.88 Å². The Balaban J connectivity index is 1.51. The lowest BCUT2D eigenvalue weighted by molar-refractivity contribution is -0.146. The molecule has 3 aromatic heterocycles. The fourth-order valence-electron chi connectivity index (χ4n) is 4.49. The summed E-state index contributed by atoms with van der Waals surface area (Å²) >= 11 is 0. The maximum Gasteiger partial charge on any atom is 0.263 e. The van der Waals surface area contributed by atoms with Gasteiger partial charge >= 0.3 is 0 Å². The van der Waals surface area contributed by atoms with Crippen molar-refractivity contribution in [3.63, 3.8) is 0 Å². The fourth-order valence-corrected chi connectivity index (χ4v) is 4.49. The maximum absolute atomic E-state index is 13.0. The number of rotatable bonds is 5. The van der Waals surface area contributed by atoms with E-state index in [0.29, 0.717) is 23.8 Å². The summed E-state index contributed by atoms with van der Waals surface area (Å²) in [5, 5.41) is 7.03. The van der Waals surface area contributed by atoms with E-state index in [2.05, 4.69) is 22.3 Å². The first-order chi connectivity index (χ1) is 14.8. The summed E-state index contributed by atoms with van der Waals surface area (Å²) in [5.41, 5.74) is 1.23. The zero-order valence-corrected chi connectivity index (χ0v) is 18.4. The van der Waals surface area contributed by atoms with Gasteiger partial charge in [-0.2, -0.15) is 10.1 Å². The lowest BCUT2D eigenvalue weighted by Crippen LogP contribution is -2.51. The van der Waals surface area contributed by atoms with E-state index >= 15 is 0 Å². The van der Waals surface area contributed by atoms with Crippen LogP contribution < -0.4 is 10.1 Å². The largest absolute Gasteiger partial charge is 0.474 e. The number of hydrogen-bond acceptors (Lipinski definition) is 6. The van der Waals surface area contributed by atoms with Gasteiger partial charge in [-0.15, -0.1) is 0 Å². The van der Waals surface area contributed by atoms with Crippen molar-refractivity contribution >= 4 is 17.5 Å². The van der Waals surface area contributed by atoms with Crippen molar-refractivity contribution in [1.82, 2.24) is 24.1 Å². The average Bonchev–Trinajstić information content (AvgIpc) is 3.33. The van der Waals surface area contributed by atoms with E-state index in [-0.39, 0.29) is 28.9 Å². The van der Waals surface area contributed by atoms with Crippen LogP contribution in [0.15, 0.2) is 24.7 Å². The van der Waals surface area contributed by atoms with E-state index in [1.807, 2.05) is 24.4 Å². The molecule has 0 atom stereocenters. The number of carbonyl (C=O) groups excluding carboxylic acids is 1. The molecule has 5 heterocycles. The number of nitrogens with one attached hydrogen (secondary N) is 1. The van der Waals surface area contributed by atoms with Crippen molar-refractivity contribution in [1.29, 1.82) is 0 Å². The fraction of sp³-hybridized carbons (Fsp3) is 0.545. The highest BCUT2D eigenvalue weighted by Gasteiger charge is 2.49. The highest BCUT2D eigenvalue weighted by atomic mass is 16.5. The van der Waals surface area contributed by atoms with E-state index in [1.165, 1.54) is 0 Å². The van der Waals surface area contributed by atoms with Gasteiger partial charge in [-0.3, -0.25) is 13.9 Å². The highest BCUT2D eigenvalue weighted by Crippen LogP contribution is 2.49. The van der Waals surface area contributed by atoms with Gasteiger partial charge in [0.2, 0.25) is 11.7 Å². The molecule has 3 fully saturated rings. The van der Waals surface area contributed by atoms with Gasteiger partial charge in [0.15, 0.2) is 5.82 Å². The SMILES string of the molecule is CC(C)Oc1nc2nc(C34CCC(C)(CC3)OC4)cn2cc1C(=O)Nc1ccn(C)n1. The van der Waals surface area contributed by atoms with Gasteiger partial charge in [-0.05, 0) is 46.5 Å². The molecule has 1 N–H and O–H groups in total. The number of imidazole rings is 1. The lowest BCUT2D eigenvalue weighted by atomic mass is 9.65.